The highest BCUT2D eigenvalue weighted by Crippen LogP contribution is 2.35. The van der Waals surface area contributed by atoms with Gasteiger partial charge < -0.3 is 5.32 Å². The van der Waals surface area contributed by atoms with E-state index >= 15 is 0 Å². The van der Waals surface area contributed by atoms with E-state index in [1.54, 1.807) is 30.5 Å². The van der Waals surface area contributed by atoms with Crippen molar-refractivity contribution in [1.29, 1.82) is 0 Å². The SMILES string of the molecule is O=C1SC(=Cc2ccc3c(cnn3Cc3ccc(Cl)cc3C(F)(F)F)c2)C(=O)N1C[C@@H]1CCCNC1. The predicted octanol–water partition coefficient (Wildman–Crippen LogP) is 5.79. The summed E-state index contributed by atoms with van der Waals surface area (Å²) in [6.45, 7) is 2.08. The maximum absolute atomic E-state index is 13.5. The summed E-state index contributed by atoms with van der Waals surface area (Å²) in [4.78, 5) is 27.0. The average Bonchev–Trinajstić information content (AvgIpc) is 3.35. The molecule has 2 aliphatic rings. The third kappa shape index (κ3) is 5.16. The molecule has 0 saturated carbocycles. The van der Waals surface area contributed by atoms with E-state index in [2.05, 4.69) is 10.4 Å². The largest absolute Gasteiger partial charge is 0.416 e. The van der Waals surface area contributed by atoms with Gasteiger partial charge in [0.05, 0.1) is 28.7 Å². The van der Waals surface area contributed by atoms with Gasteiger partial charge in [0.2, 0.25) is 0 Å². The van der Waals surface area contributed by atoms with Gasteiger partial charge in [0, 0.05) is 17.0 Å². The van der Waals surface area contributed by atoms with E-state index in [-0.39, 0.29) is 34.2 Å². The Balaban J connectivity index is 1.36. The van der Waals surface area contributed by atoms with Gasteiger partial charge in [0.15, 0.2) is 0 Å². The Kier molecular flexibility index (Phi) is 6.84. The molecule has 11 heteroatoms. The maximum Gasteiger partial charge on any atom is 0.416 e. The number of alkyl halides is 3. The molecule has 5 rings (SSSR count). The normalized spacial score (nSPS) is 20.2. The Morgan fingerprint density at radius 1 is 1.19 bits per heavy atom. The second-order valence-corrected chi connectivity index (χ2v) is 10.4. The lowest BCUT2D eigenvalue weighted by molar-refractivity contribution is -0.138. The van der Waals surface area contributed by atoms with E-state index < -0.39 is 11.7 Å². The maximum atomic E-state index is 13.5. The van der Waals surface area contributed by atoms with Crippen LogP contribution in [0.1, 0.15) is 29.5 Å². The van der Waals surface area contributed by atoms with E-state index in [9.17, 15) is 22.8 Å². The average molecular weight is 535 g/mol. The van der Waals surface area contributed by atoms with E-state index in [4.69, 9.17) is 11.6 Å². The van der Waals surface area contributed by atoms with Crippen LogP contribution in [0.5, 0.6) is 0 Å². The molecule has 2 amide bonds. The lowest BCUT2D eigenvalue weighted by Gasteiger charge is -2.25. The Morgan fingerprint density at radius 3 is 2.78 bits per heavy atom. The molecule has 188 valence electrons. The molecule has 0 spiro atoms. The van der Waals surface area contributed by atoms with Gasteiger partial charge in [-0.1, -0.05) is 23.7 Å². The molecular formula is C25H22ClF3N4O2S. The van der Waals surface area contributed by atoms with Gasteiger partial charge in [-0.3, -0.25) is 19.2 Å². The summed E-state index contributed by atoms with van der Waals surface area (Å²) >= 11 is 6.71. The molecular weight excluding hydrogens is 513 g/mol. The lowest BCUT2D eigenvalue weighted by atomic mass is 9.99. The van der Waals surface area contributed by atoms with Crippen molar-refractivity contribution in [3.05, 3.63) is 69.2 Å². The Labute approximate surface area is 214 Å². The Hall–Kier alpha value is -2.82. The van der Waals surface area contributed by atoms with E-state index in [0.717, 1.165) is 43.8 Å². The number of amides is 2. The van der Waals surface area contributed by atoms with Crippen molar-refractivity contribution in [1.82, 2.24) is 20.0 Å². The van der Waals surface area contributed by atoms with Crippen molar-refractivity contribution < 1.29 is 22.8 Å². The highest BCUT2D eigenvalue weighted by Gasteiger charge is 2.36. The molecule has 6 nitrogen and oxygen atoms in total. The van der Waals surface area contributed by atoms with Crippen LogP contribution in [-0.4, -0.2) is 45.5 Å². The quantitative estimate of drug-likeness (QED) is 0.420. The molecule has 1 atom stereocenters. The number of thioether (sulfide) groups is 1. The number of aromatic nitrogens is 2. The van der Waals surface area contributed by atoms with Crippen LogP contribution < -0.4 is 5.32 Å². The molecule has 0 radical (unpaired) electrons. The highest BCUT2D eigenvalue weighted by molar-refractivity contribution is 8.18. The fourth-order valence-electron chi connectivity index (χ4n) is 4.58. The lowest BCUT2D eigenvalue weighted by Crippen LogP contribution is -2.40. The van der Waals surface area contributed by atoms with Crippen LogP contribution in [0.15, 0.2) is 47.5 Å². The fourth-order valence-corrected chi connectivity index (χ4v) is 5.60. The second kappa shape index (κ2) is 9.91. The van der Waals surface area contributed by atoms with E-state index in [1.807, 2.05) is 0 Å². The topological polar surface area (TPSA) is 67.2 Å². The molecule has 2 fully saturated rings. The molecule has 3 aromatic rings. The van der Waals surface area contributed by atoms with Crippen LogP contribution in [0, 0.1) is 5.92 Å². The van der Waals surface area contributed by atoms with Crippen LogP contribution in [0.2, 0.25) is 5.02 Å². The van der Waals surface area contributed by atoms with Crippen molar-refractivity contribution >= 4 is 51.5 Å². The molecule has 0 aliphatic carbocycles. The number of carbonyl (C=O) groups excluding carboxylic acids is 2. The molecule has 2 aliphatic heterocycles. The van der Waals surface area contributed by atoms with Crippen LogP contribution in [0.25, 0.3) is 17.0 Å². The number of nitrogens with one attached hydrogen (secondary N) is 1. The number of imide groups is 1. The number of fused-ring (bicyclic) bond motifs is 1. The van der Waals surface area contributed by atoms with Crippen molar-refractivity contribution in [3.63, 3.8) is 0 Å². The first-order valence-corrected chi connectivity index (χ1v) is 12.7. The molecule has 2 aromatic carbocycles. The third-order valence-electron chi connectivity index (χ3n) is 6.37. The summed E-state index contributed by atoms with van der Waals surface area (Å²) < 4.78 is 41.9. The van der Waals surface area contributed by atoms with Crippen LogP contribution in [0.3, 0.4) is 0 Å². The number of piperidine rings is 1. The number of nitrogens with zero attached hydrogens (tertiary/aromatic N) is 3. The number of hydrogen-bond acceptors (Lipinski definition) is 5. The monoisotopic (exact) mass is 534 g/mol. The molecule has 0 bridgehead atoms. The molecule has 1 N–H and O–H groups in total. The smallest absolute Gasteiger partial charge is 0.316 e. The Morgan fingerprint density at radius 2 is 2.03 bits per heavy atom. The summed E-state index contributed by atoms with van der Waals surface area (Å²) in [6, 6.07) is 8.99. The molecule has 3 heterocycles. The van der Waals surface area contributed by atoms with Crippen LogP contribution >= 0.6 is 23.4 Å². The number of rotatable bonds is 5. The van der Waals surface area contributed by atoms with Crippen LogP contribution in [0.4, 0.5) is 18.0 Å². The number of halogens is 4. The highest BCUT2D eigenvalue weighted by atomic mass is 35.5. The first-order chi connectivity index (χ1) is 17.2. The Bertz CT molecular complexity index is 1370. The predicted molar refractivity (Wildman–Crippen MR) is 134 cm³/mol. The molecule has 36 heavy (non-hydrogen) atoms. The summed E-state index contributed by atoms with van der Waals surface area (Å²) in [5.41, 5.74) is 0.611. The van der Waals surface area contributed by atoms with Gasteiger partial charge >= 0.3 is 6.18 Å². The van der Waals surface area contributed by atoms with Gasteiger partial charge in [0.1, 0.15) is 0 Å². The van der Waals surface area contributed by atoms with Gasteiger partial charge in [-0.25, -0.2) is 0 Å². The number of hydrogen-bond donors (Lipinski definition) is 1. The summed E-state index contributed by atoms with van der Waals surface area (Å²) in [5, 5.41) is 8.02. The number of carbonyl (C=O) groups is 2. The van der Waals surface area contributed by atoms with Gasteiger partial charge in [-0.2, -0.15) is 18.3 Å². The number of benzene rings is 2. The van der Waals surface area contributed by atoms with Crippen LogP contribution in [-0.2, 0) is 17.5 Å². The minimum Gasteiger partial charge on any atom is -0.316 e. The van der Waals surface area contributed by atoms with Crippen molar-refractivity contribution in [2.24, 2.45) is 5.92 Å². The van der Waals surface area contributed by atoms with Gasteiger partial charge in [-0.05, 0) is 85.1 Å². The zero-order chi connectivity index (χ0) is 25.4. The minimum atomic E-state index is -4.53. The van der Waals surface area contributed by atoms with Crippen molar-refractivity contribution in [3.8, 4) is 0 Å². The van der Waals surface area contributed by atoms with Crippen molar-refractivity contribution in [2.75, 3.05) is 19.6 Å². The minimum absolute atomic E-state index is 0.0147. The van der Waals surface area contributed by atoms with E-state index in [0.29, 0.717) is 27.9 Å². The van der Waals surface area contributed by atoms with Gasteiger partial charge in [0.25, 0.3) is 11.1 Å². The first-order valence-electron chi connectivity index (χ1n) is 11.5. The second-order valence-electron chi connectivity index (χ2n) is 8.92. The molecule has 0 unspecified atom stereocenters. The molecule has 1 aromatic heterocycles. The van der Waals surface area contributed by atoms with Gasteiger partial charge in [-0.15, -0.1) is 0 Å². The fraction of sp³-hybridized carbons (Fsp3) is 0.320. The summed E-state index contributed by atoms with van der Waals surface area (Å²) in [7, 11) is 0. The van der Waals surface area contributed by atoms with E-state index in [1.165, 1.54) is 21.7 Å². The van der Waals surface area contributed by atoms with Crippen molar-refractivity contribution in [2.45, 2.75) is 25.6 Å². The molecule has 2 saturated heterocycles. The summed E-state index contributed by atoms with van der Waals surface area (Å²) in [6.07, 6.45) is 0.709. The summed E-state index contributed by atoms with van der Waals surface area (Å²) in [5.74, 6) is -0.0407. The zero-order valence-corrected chi connectivity index (χ0v) is 20.6. The third-order valence-corrected chi connectivity index (χ3v) is 7.52. The zero-order valence-electron chi connectivity index (χ0n) is 19.0. The first kappa shape index (κ1) is 24.9. The standard InChI is InChI=1S/C25H22ClF3N4O2S/c26-19-5-4-17(20(10-19)25(27,28)29)14-33-21-6-3-15(8-18(21)12-31-33)9-22-23(34)32(24(35)36-22)13-16-2-1-7-30-11-16/h3-6,8-10,12,16,30H,1-2,7,11,13-14H2/t16-/m1/s1.